The predicted molar refractivity (Wildman–Crippen MR) is 64.8 cm³/mol. The maximum atomic E-state index is 12.4. The second-order valence-corrected chi connectivity index (χ2v) is 7.04. The first kappa shape index (κ1) is 12.7. The molecule has 1 aliphatic carbocycles. The van der Waals surface area contributed by atoms with Crippen molar-refractivity contribution >= 4 is 5.78 Å². The third-order valence-corrected chi connectivity index (χ3v) is 4.24. The number of carbonyl (C=O) groups is 1. The average Bonchev–Trinajstić information content (AvgIpc) is 2.00. The van der Waals surface area contributed by atoms with Gasteiger partial charge in [-0.05, 0) is 23.7 Å². The van der Waals surface area contributed by atoms with Crippen LogP contribution in [0.5, 0.6) is 0 Å². The summed E-state index contributed by atoms with van der Waals surface area (Å²) in [6.07, 6.45) is 4.15. The molecule has 1 nitrogen and oxygen atoms in total. The van der Waals surface area contributed by atoms with E-state index in [2.05, 4.69) is 41.5 Å². The van der Waals surface area contributed by atoms with Gasteiger partial charge in [0.15, 0.2) is 0 Å². The Kier molecular flexibility index (Phi) is 3.06. The highest BCUT2D eigenvalue weighted by atomic mass is 16.1. The summed E-state index contributed by atoms with van der Waals surface area (Å²) in [4.78, 5) is 12.4. The first-order valence-electron chi connectivity index (χ1n) is 6.16. The Balaban J connectivity index is 3.23. The fourth-order valence-corrected chi connectivity index (χ4v) is 3.74. The zero-order valence-corrected chi connectivity index (χ0v) is 11.2. The Bertz CT molecular complexity index is 235. The van der Waals surface area contributed by atoms with Gasteiger partial charge in [-0.15, -0.1) is 0 Å². The number of hydrogen-bond donors (Lipinski definition) is 0. The lowest BCUT2D eigenvalue weighted by Crippen LogP contribution is -2.53. The van der Waals surface area contributed by atoms with E-state index in [0.29, 0.717) is 5.78 Å². The second-order valence-electron chi connectivity index (χ2n) is 7.04. The van der Waals surface area contributed by atoms with Crippen molar-refractivity contribution in [2.24, 2.45) is 16.2 Å². The van der Waals surface area contributed by atoms with E-state index < -0.39 is 0 Å². The van der Waals surface area contributed by atoms with Crippen LogP contribution in [0, 0.1) is 16.2 Å². The molecular formula is C14H26O. The third-order valence-electron chi connectivity index (χ3n) is 4.24. The molecule has 1 heteroatoms. The standard InChI is InChI=1S/C14H26O/c1-12(2,3)14(13(4,5)6)10-8-7-9-11(14)15/h7-10H2,1-6H3. The molecule has 0 heterocycles. The van der Waals surface area contributed by atoms with E-state index in [4.69, 9.17) is 0 Å². The Morgan fingerprint density at radius 1 is 0.933 bits per heavy atom. The van der Waals surface area contributed by atoms with Crippen molar-refractivity contribution < 1.29 is 4.79 Å². The van der Waals surface area contributed by atoms with Crippen molar-refractivity contribution in [1.82, 2.24) is 0 Å². The van der Waals surface area contributed by atoms with Gasteiger partial charge in [-0.3, -0.25) is 4.79 Å². The molecule has 15 heavy (non-hydrogen) atoms. The average molecular weight is 210 g/mol. The molecule has 0 radical (unpaired) electrons. The van der Waals surface area contributed by atoms with Gasteiger partial charge in [-0.25, -0.2) is 0 Å². The smallest absolute Gasteiger partial charge is 0.140 e. The lowest BCUT2D eigenvalue weighted by Gasteiger charge is -2.54. The molecule has 0 saturated heterocycles. The summed E-state index contributed by atoms with van der Waals surface area (Å²) in [7, 11) is 0. The molecule has 0 aromatic carbocycles. The van der Waals surface area contributed by atoms with Gasteiger partial charge in [0.2, 0.25) is 0 Å². The maximum absolute atomic E-state index is 12.4. The van der Waals surface area contributed by atoms with Crippen molar-refractivity contribution in [3.8, 4) is 0 Å². The molecule has 0 N–H and O–H groups in total. The molecule has 88 valence electrons. The highest BCUT2D eigenvalue weighted by molar-refractivity contribution is 5.87. The topological polar surface area (TPSA) is 17.1 Å². The summed E-state index contributed by atoms with van der Waals surface area (Å²) >= 11 is 0. The highest BCUT2D eigenvalue weighted by Crippen LogP contribution is 2.57. The summed E-state index contributed by atoms with van der Waals surface area (Å²) in [5.41, 5.74) is 0.0176. The minimum atomic E-state index is -0.127. The first-order valence-corrected chi connectivity index (χ1v) is 6.16. The summed E-state index contributed by atoms with van der Waals surface area (Å²) in [5, 5.41) is 0. The quantitative estimate of drug-likeness (QED) is 0.585. The van der Waals surface area contributed by atoms with E-state index in [0.717, 1.165) is 19.3 Å². The van der Waals surface area contributed by atoms with Crippen molar-refractivity contribution in [1.29, 1.82) is 0 Å². The lowest BCUT2D eigenvalue weighted by molar-refractivity contribution is -0.151. The van der Waals surface area contributed by atoms with E-state index in [-0.39, 0.29) is 16.2 Å². The molecule has 0 amide bonds. The van der Waals surface area contributed by atoms with E-state index in [9.17, 15) is 4.79 Å². The molecule has 0 spiro atoms. The Morgan fingerprint density at radius 3 is 1.67 bits per heavy atom. The Hall–Kier alpha value is -0.330. The number of ketones is 1. The Morgan fingerprint density at radius 2 is 1.40 bits per heavy atom. The van der Waals surface area contributed by atoms with Gasteiger partial charge in [0.25, 0.3) is 0 Å². The van der Waals surface area contributed by atoms with Crippen LogP contribution in [-0.2, 0) is 4.79 Å². The third kappa shape index (κ3) is 1.86. The van der Waals surface area contributed by atoms with E-state index in [1.165, 1.54) is 6.42 Å². The summed E-state index contributed by atoms with van der Waals surface area (Å²) in [6, 6.07) is 0. The van der Waals surface area contributed by atoms with Crippen LogP contribution in [-0.4, -0.2) is 5.78 Å². The molecule has 0 aliphatic heterocycles. The van der Waals surface area contributed by atoms with Crippen LogP contribution in [0.4, 0.5) is 0 Å². The molecule has 0 unspecified atom stereocenters. The summed E-state index contributed by atoms with van der Waals surface area (Å²) in [6.45, 7) is 13.3. The van der Waals surface area contributed by atoms with Gasteiger partial charge in [-0.2, -0.15) is 0 Å². The molecule has 1 aliphatic rings. The Labute approximate surface area is 94.6 Å². The van der Waals surface area contributed by atoms with Crippen molar-refractivity contribution in [3.63, 3.8) is 0 Å². The minimum Gasteiger partial charge on any atom is -0.299 e. The largest absolute Gasteiger partial charge is 0.299 e. The van der Waals surface area contributed by atoms with E-state index in [1.54, 1.807) is 0 Å². The molecular weight excluding hydrogens is 184 g/mol. The molecule has 0 aromatic heterocycles. The molecule has 0 bridgehead atoms. The van der Waals surface area contributed by atoms with Crippen molar-refractivity contribution in [2.45, 2.75) is 67.2 Å². The number of carbonyl (C=O) groups excluding carboxylic acids is 1. The van der Waals surface area contributed by atoms with Gasteiger partial charge in [0.1, 0.15) is 5.78 Å². The monoisotopic (exact) mass is 210 g/mol. The number of rotatable bonds is 0. The van der Waals surface area contributed by atoms with Gasteiger partial charge in [0, 0.05) is 11.8 Å². The molecule has 1 rings (SSSR count). The molecule has 1 saturated carbocycles. The SMILES string of the molecule is CC(C)(C)C1(C(C)(C)C)CCCCC1=O. The van der Waals surface area contributed by atoms with Gasteiger partial charge in [0.05, 0.1) is 0 Å². The highest BCUT2D eigenvalue weighted by Gasteiger charge is 2.55. The number of Topliss-reactive ketones (excluding diaryl/α,β-unsaturated/α-hetero) is 1. The molecule has 1 fully saturated rings. The first-order chi connectivity index (χ1) is 6.63. The summed E-state index contributed by atoms with van der Waals surface area (Å²) < 4.78 is 0. The van der Waals surface area contributed by atoms with Crippen LogP contribution >= 0.6 is 0 Å². The second kappa shape index (κ2) is 3.61. The lowest BCUT2D eigenvalue weighted by atomic mass is 9.48. The zero-order chi connectivity index (χ0) is 11.9. The molecule has 0 aromatic rings. The van der Waals surface area contributed by atoms with Gasteiger partial charge in [-0.1, -0.05) is 48.0 Å². The normalized spacial score (nSPS) is 22.9. The van der Waals surface area contributed by atoms with E-state index >= 15 is 0 Å². The minimum absolute atomic E-state index is 0.0722. The van der Waals surface area contributed by atoms with E-state index in [1.807, 2.05) is 0 Å². The van der Waals surface area contributed by atoms with Crippen LogP contribution in [0.25, 0.3) is 0 Å². The van der Waals surface area contributed by atoms with Crippen molar-refractivity contribution in [3.05, 3.63) is 0 Å². The van der Waals surface area contributed by atoms with Gasteiger partial charge < -0.3 is 0 Å². The van der Waals surface area contributed by atoms with Gasteiger partial charge >= 0.3 is 0 Å². The zero-order valence-electron chi connectivity index (χ0n) is 11.2. The van der Waals surface area contributed by atoms with Crippen LogP contribution in [0.2, 0.25) is 0 Å². The summed E-state index contributed by atoms with van der Waals surface area (Å²) in [5.74, 6) is 0.494. The van der Waals surface area contributed by atoms with Crippen LogP contribution in [0.3, 0.4) is 0 Å². The van der Waals surface area contributed by atoms with Crippen LogP contribution in [0.15, 0.2) is 0 Å². The fourth-order valence-electron chi connectivity index (χ4n) is 3.74. The predicted octanol–water partition coefficient (Wildman–Crippen LogP) is 4.21. The molecule has 0 atom stereocenters. The maximum Gasteiger partial charge on any atom is 0.140 e. The number of hydrogen-bond acceptors (Lipinski definition) is 1. The fraction of sp³-hybridized carbons (Fsp3) is 0.929. The van der Waals surface area contributed by atoms with Crippen molar-refractivity contribution in [2.75, 3.05) is 0 Å². The van der Waals surface area contributed by atoms with Crippen LogP contribution in [0.1, 0.15) is 67.2 Å². The van der Waals surface area contributed by atoms with Crippen LogP contribution < -0.4 is 0 Å².